The molecule has 5 heteroatoms. The molecule has 2 aliphatic rings. The second-order valence-electron chi connectivity index (χ2n) is 7.42. The lowest BCUT2D eigenvalue weighted by Crippen LogP contribution is -2.28. The van der Waals surface area contributed by atoms with Gasteiger partial charge in [-0.1, -0.05) is 5.16 Å². The second kappa shape index (κ2) is 7.11. The minimum atomic E-state index is 0.617. The summed E-state index contributed by atoms with van der Waals surface area (Å²) < 4.78 is 13.5. The van der Waals surface area contributed by atoms with Crippen LogP contribution in [0.2, 0.25) is 0 Å². The van der Waals surface area contributed by atoms with Crippen molar-refractivity contribution in [3.63, 3.8) is 0 Å². The number of hydrogen-bond acceptors (Lipinski definition) is 4. The molecule has 0 aromatic carbocycles. The van der Waals surface area contributed by atoms with Crippen LogP contribution in [0.5, 0.6) is 0 Å². The lowest BCUT2D eigenvalue weighted by molar-refractivity contribution is 0.101. The zero-order valence-corrected chi connectivity index (χ0v) is 14.5. The van der Waals surface area contributed by atoms with Gasteiger partial charge in [0.25, 0.3) is 0 Å². The first-order chi connectivity index (χ1) is 11.8. The van der Waals surface area contributed by atoms with Gasteiger partial charge >= 0.3 is 0 Å². The van der Waals surface area contributed by atoms with E-state index in [9.17, 15) is 0 Å². The summed E-state index contributed by atoms with van der Waals surface area (Å²) in [5.41, 5.74) is 2.41. The summed E-state index contributed by atoms with van der Waals surface area (Å²) in [6, 6.07) is 6.42. The van der Waals surface area contributed by atoms with E-state index >= 15 is 0 Å². The highest BCUT2D eigenvalue weighted by Crippen LogP contribution is 2.29. The standard InChI is InChI=1S/C19H27N3O2/c1-15-9-18(20-24-15)12-21-10-17(6-8-23-14-16-4-5-16)11-22-7-2-3-19(22)13-21/h2-3,7,9,16-17H,4-6,8,10-14H2,1H3/t17-/m0/s1. The SMILES string of the molecule is Cc1cc(CN2Cc3cccn3C[C@@H](CCOCC3CC3)C2)no1. The van der Waals surface area contributed by atoms with Gasteiger partial charge in [-0.05, 0) is 50.2 Å². The van der Waals surface area contributed by atoms with Gasteiger partial charge in [-0.15, -0.1) is 0 Å². The third kappa shape index (κ3) is 4.08. The molecule has 0 bridgehead atoms. The molecule has 0 saturated heterocycles. The van der Waals surface area contributed by atoms with Crippen molar-refractivity contribution in [3.05, 3.63) is 41.5 Å². The molecule has 0 radical (unpaired) electrons. The maximum Gasteiger partial charge on any atom is 0.133 e. The largest absolute Gasteiger partial charge is 0.381 e. The van der Waals surface area contributed by atoms with E-state index in [1.807, 2.05) is 13.0 Å². The lowest BCUT2D eigenvalue weighted by atomic mass is 10.1. The van der Waals surface area contributed by atoms with Gasteiger partial charge in [0.05, 0.1) is 5.69 Å². The number of hydrogen-bond donors (Lipinski definition) is 0. The fraction of sp³-hybridized carbons (Fsp3) is 0.632. The number of aromatic nitrogens is 2. The van der Waals surface area contributed by atoms with Gasteiger partial charge < -0.3 is 13.8 Å². The quantitative estimate of drug-likeness (QED) is 0.732. The molecule has 2 aromatic heterocycles. The number of aryl methyl sites for hydroxylation is 1. The van der Waals surface area contributed by atoms with Crippen LogP contribution in [0.1, 0.15) is 36.4 Å². The Hall–Kier alpha value is -1.59. The van der Waals surface area contributed by atoms with E-state index in [1.54, 1.807) is 0 Å². The van der Waals surface area contributed by atoms with Crippen LogP contribution in [0, 0.1) is 18.8 Å². The van der Waals surface area contributed by atoms with Crippen molar-refractivity contribution < 1.29 is 9.26 Å². The molecule has 1 aliphatic heterocycles. The van der Waals surface area contributed by atoms with Crippen LogP contribution in [-0.2, 0) is 24.4 Å². The summed E-state index contributed by atoms with van der Waals surface area (Å²) in [5, 5.41) is 4.16. The van der Waals surface area contributed by atoms with Crippen molar-refractivity contribution in [2.45, 2.75) is 45.8 Å². The van der Waals surface area contributed by atoms with Crippen LogP contribution in [0.25, 0.3) is 0 Å². The van der Waals surface area contributed by atoms with Crippen LogP contribution in [0.3, 0.4) is 0 Å². The van der Waals surface area contributed by atoms with Gasteiger partial charge in [-0.25, -0.2) is 0 Å². The van der Waals surface area contributed by atoms with Crippen molar-refractivity contribution in [1.29, 1.82) is 0 Å². The number of fused-ring (bicyclic) bond motifs is 1. The van der Waals surface area contributed by atoms with Crippen LogP contribution >= 0.6 is 0 Å². The van der Waals surface area contributed by atoms with Gasteiger partial charge in [0.15, 0.2) is 0 Å². The average molecular weight is 329 g/mol. The fourth-order valence-corrected chi connectivity index (χ4v) is 3.57. The zero-order valence-electron chi connectivity index (χ0n) is 14.5. The Morgan fingerprint density at radius 2 is 2.21 bits per heavy atom. The van der Waals surface area contributed by atoms with Crippen molar-refractivity contribution in [3.8, 4) is 0 Å². The summed E-state index contributed by atoms with van der Waals surface area (Å²) in [7, 11) is 0. The Morgan fingerprint density at radius 3 is 3.00 bits per heavy atom. The van der Waals surface area contributed by atoms with Crippen molar-refractivity contribution >= 4 is 0 Å². The molecule has 1 aliphatic carbocycles. The zero-order chi connectivity index (χ0) is 16.4. The van der Waals surface area contributed by atoms with E-state index in [4.69, 9.17) is 9.26 Å². The van der Waals surface area contributed by atoms with Crippen LogP contribution in [0.4, 0.5) is 0 Å². The van der Waals surface area contributed by atoms with Crippen molar-refractivity contribution in [1.82, 2.24) is 14.6 Å². The highest BCUT2D eigenvalue weighted by Gasteiger charge is 2.24. The molecule has 4 rings (SSSR count). The summed E-state index contributed by atoms with van der Waals surface area (Å²) in [5.74, 6) is 2.35. The van der Waals surface area contributed by atoms with Gasteiger partial charge in [-0.2, -0.15) is 0 Å². The number of nitrogens with zero attached hydrogens (tertiary/aromatic N) is 3. The maximum absolute atomic E-state index is 5.87. The third-order valence-electron chi connectivity index (χ3n) is 5.06. The monoisotopic (exact) mass is 329 g/mol. The van der Waals surface area contributed by atoms with Crippen LogP contribution in [-0.4, -0.2) is 34.4 Å². The molecule has 0 unspecified atom stereocenters. The molecular formula is C19H27N3O2. The molecular weight excluding hydrogens is 302 g/mol. The van der Waals surface area contributed by atoms with Crippen molar-refractivity contribution in [2.75, 3.05) is 19.8 Å². The molecule has 0 spiro atoms. The Bertz CT molecular complexity index is 659. The summed E-state index contributed by atoms with van der Waals surface area (Å²) in [6.45, 7) is 7.78. The van der Waals surface area contributed by atoms with Crippen LogP contribution in [0.15, 0.2) is 28.9 Å². The minimum Gasteiger partial charge on any atom is -0.381 e. The van der Waals surface area contributed by atoms with E-state index < -0.39 is 0 Å². The fourth-order valence-electron chi connectivity index (χ4n) is 3.57. The highest BCUT2D eigenvalue weighted by atomic mass is 16.5. The first kappa shape index (κ1) is 15.9. The van der Waals surface area contributed by atoms with Gasteiger partial charge in [0.1, 0.15) is 5.76 Å². The number of ether oxygens (including phenoxy) is 1. The second-order valence-corrected chi connectivity index (χ2v) is 7.42. The lowest BCUT2D eigenvalue weighted by Gasteiger charge is -2.23. The van der Waals surface area contributed by atoms with E-state index in [0.717, 1.165) is 63.2 Å². The smallest absolute Gasteiger partial charge is 0.133 e. The first-order valence-electron chi connectivity index (χ1n) is 9.12. The predicted octanol–water partition coefficient (Wildman–Crippen LogP) is 3.23. The molecule has 24 heavy (non-hydrogen) atoms. The molecule has 1 saturated carbocycles. The molecule has 0 amide bonds. The van der Waals surface area contributed by atoms with Crippen molar-refractivity contribution in [2.24, 2.45) is 11.8 Å². The van der Waals surface area contributed by atoms with E-state index in [-0.39, 0.29) is 0 Å². The molecule has 130 valence electrons. The summed E-state index contributed by atoms with van der Waals surface area (Å²) in [4.78, 5) is 2.49. The number of rotatable bonds is 7. The Kier molecular flexibility index (Phi) is 4.72. The van der Waals surface area contributed by atoms with E-state index in [0.29, 0.717) is 5.92 Å². The Labute approximate surface area is 143 Å². The molecule has 1 fully saturated rings. The molecule has 1 atom stereocenters. The molecule has 2 aromatic rings. The first-order valence-corrected chi connectivity index (χ1v) is 9.12. The molecule has 0 N–H and O–H groups in total. The third-order valence-corrected chi connectivity index (χ3v) is 5.06. The Morgan fingerprint density at radius 1 is 1.29 bits per heavy atom. The normalized spacial score (nSPS) is 21.6. The maximum atomic E-state index is 5.87. The summed E-state index contributed by atoms with van der Waals surface area (Å²) >= 11 is 0. The topological polar surface area (TPSA) is 43.4 Å². The van der Waals surface area contributed by atoms with Gasteiger partial charge in [0.2, 0.25) is 0 Å². The summed E-state index contributed by atoms with van der Waals surface area (Å²) in [6.07, 6.45) is 6.05. The van der Waals surface area contributed by atoms with Gasteiger partial charge in [-0.3, -0.25) is 4.90 Å². The Balaban J connectivity index is 1.37. The molecule has 3 heterocycles. The predicted molar refractivity (Wildman–Crippen MR) is 91.4 cm³/mol. The van der Waals surface area contributed by atoms with Crippen LogP contribution < -0.4 is 0 Å². The van der Waals surface area contributed by atoms with E-state index in [2.05, 4.69) is 33.0 Å². The van der Waals surface area contributed by atoms with E-state index in [1.165, 1.54) is 18.5 Å². The minimum absolute atomic E-state index is 0.617. The average Bonchev–Trinajstić information content (AvgIpc) is 3.20. The van der Waals surface area contributed by atoms with Gasteiger partial charge in [0, 0.05) is 57.3 Å². The molecule has 5 nitrogen and oxygen atoms in total. The highest BCUT2D eigenvalue weighted by molar-refractivity contribution is 5.10.